The first kappa shape index (κ1) is 19.3. The number of thiophene rings is 1. The van der Waals surface area contributed by atoms with Gasteiger partial charge >= 0.3 is 5.97 Å². The molecule has 5 nitrogen and oxygen atoms in total. The third-order valence-electron chi connectivity index (χ3n) is 3.81. The molecule has 0 aliphatic carbocycles. The summed E-state index contributed by atoms with van der Waals surface area (Å²) in [5.41, 5.74) is 2.70. The maximum Gasteiger partial charge on any atom is 0.321 e. The van der Waals surface area contributed by atoms with Gasteiger partial charge in [-0.15, -0.1) is 11.3 Å². The van der Waals surface area contributed by atoms with Gasteiger partial charge in [-0.2, -0.15) is 4.72 Å². The van der Waals surface area contributed by atoms with Gasteiger partial charge in [-0.3, -0.25) is 4.79 Å². The lowest BCUT2D eigenvalue weighted by Gasteiger charge is -2.04. The number of carbonyl (C=O) groups is 1. The summed E-state index contributed by atoms with van der Waals surface area (Å²) in [7, 11) is -3.82. The molecule has 0 aliphatic rings. The summed E-state index contributed by atoms with van der Waals surface area (Å²) in [6, 6.07) is 20.9. The van der Waals surface area contributed by atoms with Crippen LogP contribution in [0, 0.1) is 0 Å². The second-order valence-electron chi connectivity index (χ2n) is 5.67. The van der Waals surface area contributed by atoms with E-state index >= 15 is 0 Å². The Morgan fingerprint density at radius 3 is 2.19 bits per heavy atom. The van der Waals surface area contributed by atoms with Crippen LogP contribution in [0.25, 0.3) is 21.6 Å². The Bertz CT molecular complexity index is 956. The van der Waals surface area contributed by atoms with Crippen LogP contribution < -0.4 is 4.72 Å². The predicted octanol–water partition coefficient (Wildman–Crippen LogP) is 3.92. The first-order valence-corrected chi connectivity index (χ1v) is 10.7. The second kappa shape index (κ2) is 8.47. The topological polar surface area (TPSA) is 72.5 Å². The van der Waals surface area contributed by atoms with Crippen molar-refractivity contribution in [3.05, 3.63) is 66.7 Å². The maximum absolute atomic E-state index is 12.7. The molecule has 0 saturated carbocycles. The average molecular weight is 402 g/mol. The number of benzene rings is 2. The van der Waals surface area contributed by atoms with Gasteiger partial charge in [0.15, 0.2) is 0 Å². The van der Waals surface area contributed by atoms with Crippen molar-refractivity contribution in [2.45, 2.75) is 11.1 Å². The zero-order chi connectivity index (χ0) is 19.3. The van der Waals surface area contributed by atoms with Gasteiger partial charge in [-0.1, -0.05) is 60.7 Å². The van der Waals surface area contributed by atoms with Crippen molar-refractivity contribution >= 4 is 27.3 Å². The molecule has 1 N–H and O–H groups in total. The molecule has 1 heterocycles. The summed E-state index contributed by atoms with van der Waals surface area (Å²) in [5.74, 6) is -0.607. The number of carbonyl (C=O) groups excluding carboxylic acids is 1. The Hall–Kier alpha value is -2.48. The van der Waals surface area contributed by atoms with Crippen molar-refractivity contribution in [3.8, 4) is 21.6 Å². The van der Waals surface area contributed by atoms with Gasteiger partial charge in [0.05, 0.1) is 6.61 Å². The van der Waals surface area contributed by atoms with E-state index in [0.29, 0.717) is 0 Å². The molecule has 0 fully saturated rings. The predicted molar refractivity (Wildman–Crippen MR) is 107 cm³/mol. The quantitative estimate of drug-likeness (QED) is 0.609. The molecule has 0 amide bonds. The fraction of sp³-hybridized carbons (Fsp3) is 0.150. The van der Waals surface area contributed by atoms with E-state index in [9.17, 15) is 13.2 Å². The van der Waals surface area contributed by atoms with Crippen molar-refractivity contribution in [1.82, 2.24) is 4.72 Å². The van der Waals surface area contributed by atoms with E-state index in [4.69, 9.17) is 4.74 Å². The van der Waals surface area contributed by atoms with Crippen LogP contribution in [-0.4, -0.2) is 27.5 Å². The molecule has 140 valence electrons. The first-order valence-electron chi connectivity index (χ1n) is 8.41. The van der Waals surface area contributed by atoms with Gasteiger partial charge in [0.2, 0.25) is 0 Å². The largest absolute Gasteiger partial charge is 0.465 e. The van der Waals surface area contributed by atoms with E-state index in [1.54, 1.807) is 13.0 Å². The van der Waals surface area contributed by atoms with E-state index in [1.165, 1.54) is 11.3 Å². The standard InChI is InChI=1S/C20H19NO4S2/c1-2-25-18(22)14-21-27(23,24)19-13-17(15-9-5-3-6-10-15)20(26-19)16-11-7-4-8-12-16/h3-13,21H,2,14H2,1H3. The smallest absolute Gasteiger partial charge is 0.321 e. The van der Waals surface area contributed by atoms with Crippen molar-refractivity contribution in [2.24, 2.45) is 0 Å². The van der Waals surface area contributed by atoms with Gasteiger partial charge in [0.25, 0.3) is 10.0 Å². The highest BCUT2D eigenvalue weighted by molar-refractivity contribution is 7.91. The van der Waals surface area contributed by atoms with Gasteiger partial charge in [0.1, 0.15) is 10.8 Å². The molecule has 1 aromatic heterocycles. The van der Waals surface area contributed by atoms with Gasteiger partial charge < -0.3 is 4.74 Å². The third kappa shape index (κ3) is 4.63. The number of rotatable bonds is 7. The summed E-state index contributed by atoms with van der Waals surface area (Å²) in [6.45, 7) is 1.48. The molecule has 0 saturated heterocycles. The van der Waals surface area contributed by atoms with Crippen LogP contribution in [-0.2, 0) is 19.6 Å². The minimum absolute atomic E-state index is 0.157. The van der Waals surface area contributed by atoms with Crippen LogP contribution in [0.1, 0.15) is 6.92 Å². The lowest BCUT2D eigenvalue weighted by molar-refractivity contribution is -0.141. The molecule has 27 heavy (non-hydrogen) atoms. The fourth-order valence-electron chi connectivity index (χ4n) is 2.57. The second-order valence-corrected chi connectivity index (χ2v) is 8.72. The molecular weight excluding hydrogens is 382 g/mol. The normalized spacial score (nSPS) is 11.3. The lowest BCUT2D eigenvalue weighted by Crippen LogP contribution is -2.30. The first-order chi connectivity index (χ1) is 13.0. The highest BCUT2D eigenvalue weighted by Crippen LogP contribution is 2.40. The fourth-order valence-corrected chi connectivity index (χ4v) is 5.08. The Labute approximate surface area is 162 Å². The number of hydrogen-bond donors (Lipinski definition) is 1. The summed E-state index contributed by atoms with van der Waals surface area (Å²) >= 11 is 1.18. The lowest BCUT2D eigenvalue weighted by atomic mass is 10.0. The summed E-state index contributed by atoms with van der Waals surface area (Å²) in [6.07, 6.45) is 0. The average Bonchev–Trinajstić information content (AvgIpc) is 3.15. The van der Waals surface area contributed by atoms with E-state index in [0.717, 1.165) is 21.6 Å². The number of nitrogens with one attached hydrogen (secondary N) is 1. The number of sulfonamides is 1. The summed E-state index contributed by atoms with van der Waals surface area (Å²) < 4.78 is 32.6. The molecule has 3 rings (SSSR count). The minimum Gasteiger partial charge on any atom is -0.465 e. The Morgan fingerprint density at radius 2 is 1.59 bits per heavy atom. The molecule has 0 aliphatic heterocycles. The van der Waals surface area contributed by atoms with Gasteiger partial charge in [0, 0.05) is 10.4 Å². The van der Waals surface area contributed by atoms with Gasteiger partial charge in [-0.05, 0) is 24.1 Å². The number of ether oxygens (including phenoxy) is 1. The van der Waals surface area contributed by atoms with Crippen molar-refractivity contribution in [3.63, 3.8) is 0 Å². The van der Waals surface area contributed by atoms with Crippen molar-refractivity contribution in [2.75, 3.05) is 13.2 Å². The highest BCUT2D eigenvalue weighted by Gasteiger charge is 2.22. The van der Waals surface area contributed by atoms with Crippen LogP contribution >= 0.6 is 11.3 Å². The number of hydrogen-bond acceptors (Lipinski definition) is 5. The van der Waals surface area contributed by atoms with Crippen LogP contribution in [0.15, 0.2) is 70.9 Å². The van der Waals surface area contributed by atoms with Crippen LogP contribution in [0.3, 0.4) is 0 Å². The SMILES string of the molecule is CCOC(=O)CNS(=O)(=O)c1cc(-c2ccccc2)c(-c2ccccc2)s1. The molecule has 0 spiro atoms. The maximum atomic E-state index is 12.7. The zero-order valence-corrected chi connectivity index (χ0v) is 16.3. The molecule has 0 unspecified atom stereocenters. The molecular formula is C20H19NO4S2. The Balaban J connectivity index is 2.00. The highest BCUT2D eigenvalue weighted by atomic mass is 32.2. The molecule has 0 radical (unpaired) electrons. The summed E-state index contributed by atoms with van der Waals surface area (Å²) in [5, 5.41) is 0. The summed E-state index contributed by atoms with van der Waals surface area (Å²) in [4.78, 5) is 12.3. The monoisotopic (exact) mass is 401 g/mol. The van der Waals surface area contributed by atoms with Crippen LogP contribution in [0.2, 0.25) is 0 Å². The van der Waals surface area contributed by atoms with Gasteiger partial charge in [-0.25, -0.2) is 8.42 Å². The zero-order valence-electron chi connectivity index (χ0n) is 14.7. The van der Waals surface area contributed by atoms with E-state index in [-0.39, 0.29) is 10.8 Å². The molecule has 2 aromatic carbocycles. The molecule has 3 aromatic rings. The Kier molecular flexibility index (Phi) is 6.05. The van der Waals surface area contributed by atoms with E-state index in [1.807, 2.05) is 60.7 Å². The van der Waals surface area contributed by atoms with E-state index < -0.39 is 22.5 Å². The molecule has 7 heteroatoms. The Morgan fingerprint density at radius 1 is 1.00 bits per heavy atom. The van der Waals surface area contributed by atoms with Crippen LogP contribution in [0.4, 0.5) is 0 Å². The van der Waals surface area contributed by atoms with E-state index in [2.05, 4.69) is 4.72 Å². The molecule has 0 bridgehead atoms. The third-order valence-corrected chi connectivity index (χ3v) is 6.87. The van der Waals surface area contributed by atoms with Crippen molar-refractivity contribution < 1.29 is 17.9 Å². The minimum atomic E-state index is -3.82. The van der Waals surface area contributed by atoms with Crippen molar-refractivity contribution in [1.29, 1.82) is 0 Å². The number of esters is 1. The van der Waals surface area contributed by atoms with Crippen LogP contribution in [0.5, 0.6) is 0 Å². The molecule has 0 atom stereocenters.